The first-order chi connectivity index (χ1) is 9.27. The Hall–Kier alpha value is -1.41. The van der Waals surface area contributed by atoms with E-state index >= 15 is 0 Å². The van der Waals surface area contributed by atoms with Crippen LogP contribution in [-0.2, 0) is 12.6 Å². The molecule has 0 saturated heterocycles. The van der Waals surface area contributed by atoms with Crippen LogP contribution < -0.4 is 5.73 Å². The summed E-state index contributed by atoms with van der Waals surface area (Å²) in [4.78, 5) is 3.95. The van der Waals surface area contributed by atoms with Gasteiger partial charge in [-0.2, -0.15) is 18.2 Å². The van der Waals surface area contributed by atoms with Crippen molar-refractivity contribution in [2.45, 2.75) is 25.6 Å². The van der Waals surface area contributed by atoms with E-state index in [0.717, 1.165) is 6.07 Å². The molecule has 4 nitrogen and oxygen atoms in total. The Bertz CT molecular complexity index is 610. The standard InChI is InChI=1S/C12H11BrF3N3O/c1-6(17)4-10-18-11(20-19-10)8-3-2-7(13)5-9(8)12(14,15)16/h2-3,5-6H,4,17H2,1H3. The van der Waals surface area contributed by atoms with Gasteiger partial charge >= 0.3 is 6.18 Å². The number of alkyl halides is 3. The molecule has 0 aliphatic rings. The minimum atomic E-state index is -4.51. The Morgan fingerprint density at radius 1 is 1.40 bits per heavy atom. The summed E-state index contributed by atoms with van der Waals surface area (Å²) >= 11 is 3.02. The van der Waals surface area contributed by atoms with E-state index < -0.39 is 11.7 Å². The summed E-state index contributed by atoms with van der Waals surface area (Å²) in [6.07, 6.45) is -4.17. The number of nitrogens with zero attached hydrogens (tertiary/aromatic N) is 2. The minimum absolute atomic E-state index is 0.149. The molecule has 108 valence electrons. The van der Waals surface area contributed by atoms with Crippen molar-refractivity contribution in [2.75, 3.05) is 0 Å². The molecule has 0 spiro atoms. The highest BCUT2D eigenvalue weighted by atomic mass is 79.9. The van der Waals surface area contributed by atoms with Gasteiger partial charge in [0.1, 0.15) is 0 Å². The first-order valence-corrected chi connectivity index (χ1v) is 6.52. The average molecular weight is 350 g/mol. The molecule has 0 amide bonds. The molecule has 2 aromatic rings. The lowest BCUT2D eigenvalue weighted by Crippen LogP contribution is -2.18. The van der Waals surface area contributed by atoms with Crippen molar-refractivity contribution in [3.05, 3.63) is 34.1 Å². The van der Waals surface area contributed by atoms with Crippen molar-refractivity contribution in [2.24, 2.45) is 5.73 Å². The number of rotatable bonds is 3. The highest BCUT2D eigenvalue weighted by molar-refractivity contribution is 9.10. The lowest BCUT2D eigenvalue weighted by Gasteiger charge is -2.10. The Morgan fingerprint density at radius 2 is 2.10 bits per heavy atom. The lowest BCUT2D eigenvalue weighted by molar-refractivity contribution is -0.137. The van der Waals surface area contributed by atoms with E-state index in [-0.39, 0.29) is 23.3 Å². The number of nitrogens with two attached hydrogens (primary N) is 1. The maximum absolute atomic E-state index is 13.0. The third-order valence-electron chi connectivity index (χ3n) is 2.49. The highest BCUT2D eigenvalue weighted by Crippen LogP contribution is 2.38. The van der Waals surface area contributed by atoms with Crippen molar-refractivity contribution >= 4 is 15.9 Å². The van der Waals surface area contributed by atoms with Crippen LogP contribution in [0.15, 0.2) is 27.2 Å². The highest BCUT2D eigenvalue weighted by Gasteiger charge is 2.35. The zero-order valence-corrected chi connectivity index (χ0v) is 12.0. The molecule has 1 aromatic heterocycles. The third-order valence-corrected chi connectivity index (χ3v) is 2.98. The van der Waals surface area contributed by atoms with Gasteiger partial charge in [-0.25, -0.2) is 0 Å². The van der Waals surface area contributed by atoms with Crippen LogP contribution in [0, 0.1) is 0 Å². The van der Waals surface area contributed by atoms with Crippen molar-refractivity contribution in [3.63, 3.8) is 0 Å². The topological polar surface area (TPSA) is 64.9 Å². The zero-order valence-electron chi connectivity index (χ0n) is 10.4. The SMILES string of the molecule is CC(N)Cc1noc(-c2ccc(Br)cc2C(F)(F)F)n1. The van der Waals surface area contributed by atoms with Gasteiger partial charge in [0.25, 0.3) is 5.89 Å². The van der Waals surface area contributed by atoms with Gasteiger partial charge in [0, 0.05) is 16.9 Å². The predicted octanol–water partition coefficient (Wildman–Crippen LogP) is 3.41. The Kier molecular flexibility index (Phi) is 4.14. The third kappa shape index (κ3) is 3.37. The van der Waals surface area contributed by atoms with Crippen molar-refractivity contribution in [1.82, 2.24) is 10.1 Å². The fraction of sp³-hybridized carbons (Fsp3) is 0.333. The molecule has 20 heavy (non-hydrogen) atoms. The molecular weight excluding hydrogens is 339 g/mol. The van der Waals surface area contributed by atoms with Gasteiger partial charge in [-0.3, -0.25) is 0 Å². The predicted molar refractivity (Wildman–Crippen MR) is 69.8 cm³/mol. The summed E-state index contributed by atoms with van der Waals surface area (Å²) in [5.74, 6) is 0.117. The van der Waals surface area contributed by atoms with Gasteiger partial charge in [0.15, 0.2) is 5.82 Å². The van der Waals surface area contributed by atoms with E-state index in [2.05, 4.69) is 26.1 Å². The molecule has 0 aliphatic carbocycles. The summed E-state index contributed by atoms with van der Waals surface area (Å²) in [7, 11) is 0. The van der Waals surface area contributed by atoms with Crippen molar-refractivity contribution < 1.29 is 17.7 Å². The lowest BCUT2D eigenvalue weighted by atomic mass is 10.1. The molecular formula is C12H11BrF3N3O. The van der Waals surface area contributed by atoms with Crippen LogP contribution in [0.2, 0.25) is 0 Å². The van der Waals surface area contributed by atoms with E-state index in [9.17, 15) is 13.2 Å². The summed E-state index contributed by atoms with van der Waals surface area (Å²) < 4.78 is 44.2. The first-order valence-electron chi connectivity index (χ1n) is 5.72. The van der Waals surface area contributed by atoms with Crippen LogP contribution in [0.1, 0.15) is 18.3 Å². The number of benzene rings is 1. The van der Waals surface area contributed by atoms with Crippen LogP contribution in [0.25, 0.3) is 11.5 Å². The van der Waals surface area contributed by atoms with Crippen LogP contribution in [-0.4, -0.2) is 16.2 Å². The molecule has 2 rings (SSSR count). The van der Waals surface area contributed by atoms with Crippen LogP contribution in [0.3, 0.4) is 0 Å². The van der Waals surface area contributed by atoms with E-state index in [1.54, 1.807) is 6.92 Å². The molecule has 0 saturated carbocycles. The first kappa shape index (κ1) is 15.0. The maximum atomic E-state index is 13.0. The fourth-order valence-corrected chi connectivity index (χ4v) is 2.03. The van der Waals surface area contributed by atoms with Crippen LogP contribution in [0.5, 0.6) is 0 Å². The number of hydrogen-bond donors (Lipinski definition) is 1. The molecule has 1 atom stereocenters. The molecule has 1 heterocycles. The summed E-state index contributed by atoms with van der Waals surface area (Å²) in [6, 6.07) is 3.55. The van der Waals surface area contributed by atoms with Crippen molar-refractivity contribution in [1.29, 1.82) is 0 Å². The normalized spacial score (nSPS) is 13.5. The Balaban J connectivity index is 2.45. The van der Waals surface area contributed by atoms with Gasteiger partial charge in [-0.15, -0.1) is 0 Å². The zero-order chi connectivity index (χ0) is 14.9. The molecule has 0 radical (unpaired) electrons. The summed E-state index contributed by atoms with van der Waals surface area (Å²) in [5.41, 5.74) is 4.60. The summed E-state index contributed by atoms with van der Waals surface area (Å²) in [6.45, 7) is 1.75. The maximum Gasteiger partial charge on any atom is 0.417 e. The van der Waals surface area contributed by atoms with Crippen LogP contribution in [0.4, 0.5) is 13.2 Å². The summed E-state index contributed by atoms with van der Waals surface area (Å²) in [5, 5.41) is 3.63. The molecule has 1 unspecified atom stereocenters. The minimum Gasteiger partial charge on any atom is -0.334 e. The quantitative estimate of drug-likeness (QED) is 0.922. The van der Waals surface area contributed by atoms with E-state index in [1.165, 1.54) is 12.1 Å². The van der Waals surface area contributed by atoms with E-state index in [4.69, 9.17) is 10.3 Å². The van der Waals surface area contributed by atoms with Gasteiger partial charge in [0.2, 0.25) is 0 Å². The molecule has 0 bridgehead atoms. The number of hydrogen-bond acceptors (Lipinski definition) is 4. The second-order valence-corrected chi connectivity index (χ2v) is 5.30. The monoisotopic (exact) mass is 349 g/mol. The van der Waals surface area contributed by atoms with Crippen molar-refractivity contribution in [3.8, 4) is 11.5 Å². The smallest absolute Gasteiger partial charge is 0.334 e. The largest absolute Gasteiger partial charge is 0.417 e. The van der Waals surface area contributed by atoms with Gasteiger partial charge in [0.05, 0.1) is 11.1 Å². The van der Waals surface area contributed by atoms with Gasteiger partial charge < -0.3 is 10.3 Å². The Labute approximate surface area is 121 Å². The second-order valence-electron chi connectivity index (χ2n) is 4.38. The fourth-order valence-electron chi connectivity index (χ4n) is 1.67. The van der Waals surface area contributed by atoms with Crippen LogP contribution >= 0.6 is 15.9 Å². The molecule has 2 N–H and O–H groups in total. The molecule has 8 heteroatoms. The van der Waals surface area contributed by atoms with Gasteiger partial charge in [-0.05, 0) is 25.1 Å². The van der Waals surface area contributed by atoms with E-state index in [1.807, 2.05) is 0 Å². The molecule has 0 fully saturated rings. The van der Waals surface area contributed by atoms with E-state index in [0.29, 0.717) is 10.9 Å². The number of halogens is 4. The number of aromatic nitrogens is 2. The molecule has 0 aliphatic heterocycles. The second kappa shape index (κ2) is 5.53. The van der Waals surface area contributed by atoms with Gasteiger partial charge in [-0.1, -0.05) is 21.1 Å². The Morgan fingerprint density at radius 3 is 2.70 bits per heavy atom. The average Bonchev–Trinajstić information content (AvgIpc) is 2.75. The molecule has 1 aromatic carbocycles.